The van der Waals surface area contributed by atoms with Gasteiger partial charge in [0.25, 0.3) is 0 Å². The molecule has 0 radical (unpaired) electrons. The molecule has 0 saturated carbocycles. The summed E-state index contributed by atoms with van der Waals surface area (Å²) in [5.74, 6) is -0.467. The van der Waals surface area contributed by atoms with Gasteiger partial charge in [-0.25, -0.2) is 0 Å². The lowest BCUT2D eigenvalue weighted by molar-refractivity contribution is -0.144. The third-order valence-electron chi connectivity index (χ3n) is 3.19. The van der Waals surface area contributed by atoms with Crippen LogP contribution in [0.5, 0.6) is 0 Å². The van der Waals surface area contributed by atoms with Crippen LogP contribution in [0.25, 0.3) is 10.9 Å². The van der Waals surface area contributed by atoms with E-state index < -0.39 is 0 Å². The number of hydrogen-bond donors (Lipinski definition) is 0. The Kier molecular flexibility index (Phi) is 4.22. The van der Waals surface area contributed by atoms with Crippen molar-refractivity contribution in [3.05, 3.63) is 36.0 Å². The van der Waals surface area contributed by atoms with Gasteiger partial charge < -0.3 is 14.0 Å². The van der Waals surface area contributed by atoms with E-state index in [0.717, 1.165) is 16.5 Å². The minimum Gasteiger partial charge on any atom is -0.466 e. The monoisotopic (exact) mass is 261 g/mol. The molecule has 0 aliphatic heterocycles. The predicted molar refractivity (Wildman–Crippen MR) is 74.0 cm³/mol. The standard InChI is InChI=1S/C15H19NO3/c1-4-19-15(17)11(2)13-9-16(10-18-3)14-8-6-5-7-12(13)14/h5-9,11H,4,10H2,1-3H3/t11-/m1/s1. The fourth-order valence-corrected chi connectivity index (χ4v) is 2.26. The number of carbonyl (C=O) groups excluding carboxylic acids is 1. The zero-order chi connectivity index (χ0) is 13.8. The number of esters is 1. The van der Waals surface area contributed by atoms with E-state index in [9.17, 15) is 4.79 Å². The van der Waals surface area contributed by atoms with E-state index in [-0.39, 0.29) is 11.9 Å². The molecule has 0 aliphatic carbocycles. The quantitative estimate of drug-likeness (QED) is 0.777. The topological polar surface area (TPSA) is 40.5 Å². The SMILES string of the molecule is CCOC(=O)[C@H](C)c1cn(COC)c2ccccc12. The lowest BCUT2D eigenvalue weighted by Gasteiger charge is -2.09. The van der Waals surface area contributed by atoms with Gasteiger partial charge in [0.15, 0.2) is 0 Å². The number of methoxy groups -OCH3 is 1. The molecule has 1 aromatic heterocycles. The highest BCUT2D eigenvalue weighted by Gasteiger charge is 2.21. The van der Waals surface area contributed by atoms with E-state index in [1.165, 1.54) is 0 Å². The zero-order valence-electron chi connectivity index (χ0n) is 11.6. The Hall–Kier alpha value is -1.81. The fraction of sp³-hybridized carbons (Fsp3) is 0.400. The van der Waals surface area contributed by atoms with Gasteiger partial charge in [-0.1, -0.05) is 18.2 Å². The number of benzene rings is 1. The van der Waals surface area contributed by atoms with Gasteiger partial charge in [-0.15, -0.1) is 0 Å². The lowest BCUT2D eigenvalue weighted by Crippen LogP contribution is -2.12. The second-order valence-corrected chi connectivity index (χ2v) is 4.46. The molecule has 2 rings (SSSR count). The Bertz CT molecular complexity index is 574. The van der Waals surface area contributed by atoms with Gasteiger partial charge in [0, 0.05) is 18.7 Å². The van der Waals surface area contributed by atoms with Crippen molar-refractivity contribution in [2.45, 2.75) is 26.5 Å². The van der Waals surface area contributed by atoms with E-state index in [1.807, 2.05) is 48.9 Å². The first kappa shape index (κ1) is 13.6. The summed E-state index contributed by atoms with van der Waals surface area (Å²) in [5, 5.41) is 1.07. The predicted octanol–water partition coefficient (Wildman–Crippen LogP) is 2.91. The molecule has 4 heteroatoms. The number of aromatic nitrogens is 1. The highest BCUT2D eigenvalue weighted by molar-refractivity contribution is 5.90. The van der Waals surface area contributed by atoms with E-state index in [4.69, 9.17) is 9.47 Å². The van der Waals surface area contributed by atoms with Crippen LogP contribution >= 0.6 is 0 Å². The average molecular weight is 261 g/mol. The number of rotatable bonds is 5. The second kappa shape index (κ2) is 5.89. The van der Waals surface area contributed by atoms with Crippen molar-refractivity contribution in [1.29, 1.82) is 0 Å². The Labute approximate surface area is 112 Å². The fourth-order valence-electron chi connectivity index (χ4n) is 2.26. The average Bonchev–Trinajstić information content (AvgIpc) is 2.78. The van der Waals surface area contributed by atoms with Crippen molar-refractivity contribution in [2.24, 2.45) is 0 Å². The molecule has 2 aromatic rings. The summed E-state index contributed by atoms with van der Waals surface area (Å²) >= 11 is 0. The van der Waals surface area contributed by atoms with Gasteiger partial charge in [0.05, 0.1) is 18.0 Å². The van der Waals surface area contributed by atoms with Crippen LogP contribution in [0.3, 0.4) is 0 Å². The summed E-state index contributed by atoms with van der Waals surface area (Å²) in [6.45, 7) is 4.56. The first-order valence-corrected chi connectivity index (χ1v) is 6.42. The number of carbonyl (C=O) groups is 1. The molecule has 0 bridgehead atoms. The van der Waals surface area contributed by atoms with Crippen molar-refractivity contribution in [3.8, 4) is 0 Å². The molecule has 0 spiro atoms. The highest BCUT2D eigenvalue weighted by Crippen LogP contribution is 2.28. The number of para-hydroxylation sites is 1. The third-order valence-corrected chi connectivity index (χ3v) is 3.19. The Balaban J connectivity index is 2.45. The molecule has 0 saturated heterocycles. The molecule has 0 aliphatic rings. The summed E-state index contributed by atoms with van der Waals surface area (Å²) < 4.78 is 12.3. The molecule has 0 amide bonds. The number of nitrogens with zero attached hydrogens (tertiary/aromatic N) is 1. The van der Waals surface area contributed by atoms with Crippen LogP contribution in [0, 0.1) is 0 Å². The minimum atomic E-state index is -0.275. The number of hydrogen-bond acceptors (Lipinski definition) is 3. The summed E-state index contributed by atoms with van der Waals surface area (Å²) in [6.07, 6.45) is 1.97. The van der Waals surface area contributed by atoms with Crippen molar-refractivity contribution < 1.29 is 14.3 Å². The van der Waals surface area contributed by atoms with Crippen LogP contribution in [-0.4, -0.2) is 24.3 Å². The van der Waals surface area contributed by atoms with E-state index in [0.29, 0.717) is 13.3 Å². The van der Waals surface area contributed by atoms with Crippen molar-refractivity contribution in [1.82, 2.24) is 4.57 Å². The van der Waals surface area contributed by atoms with Crippen LogP contribution in [0.15, 0.2) is 30.5 Å². The molecule has 0 fully saturated rings. The smallest absolute Gasteiger partial charge is 0.313 e. The van der Waals surface area contributed by atoms with E-state index >= 15 is 0 Å². The molecule has 4 nitrogen and oxygen atoms in total. The van der Waals surface area contributed by atoms with Gasteiger partial charge >= 0.3 is 5.97 Å². The molecule has 0 N–H and O–H groups in total. The second-order valence-electron chi connectivity index (χ2n) is 4.46. The normalized spacial score (nSPS) is 12.6. The summed E-state index contributed by atoms with van der Waals surface area (Å²) in [7, 11) is 1.66. The first-order chi connectivity index (χ1) is 9.19. The lowest BCUT2D eigenvalue weighted by atomic mass is 10.0. The maximum atomic E-state index is 11.9. The summed E-state index contributed by atoms with van der Waals surface area (Å²) in [6, 6.07) is 8.00. The van der Waals surface area contributed by atoms with Crippen molar-refractivity contribution in [3.63, 3.8) is 0 Å². The molecule has 102 valence electrons. The molecule has 1 aromatic carbocycles. The Morgan fingerprint density at radius 1 is 1.37 bits per heavy atom. The van der Waals surface area contributed by atoms with E-state index in [2.05, 4.69) is 0 Å². The van der Waals surface area contributed by atoms with Crippen LogP contribution in [-0.2, 0) is 21.0 Å². The highest BCUT2D eigenvalue weighted by atomic mass is 16.5. The Morgan fingerprint density at radius 3 is 2.79 bits per heavy atom. The summed E-state index contributed by atoms with van der Waals surface area (Å²) in [5.41, 5.74) is 2.04. The maximum absolute atomic E-state index is 11.9. The first-order valence-electron chi connectivity index (χ1n) is 6.42. The molecule has 0 unspecified atom stereocenters. The maximum Gasteiger partial charge on any atom is 0.313 e. The van der Waals surface area contributed by atoms with Crippen LogP contribution in [0.1, 0.15) is 25.3 Å². The minimum absolute atomic E-state index is 0.192. The van der Waals surface area contributed by atoms with Crippen molar-refractivity contribution in [2.75, 3.05) is 13.7 Å². The van der Waals surface area contributed by atoms with Gasteiger partial charge in [-0.05, 0) is 25.5 Å². The van der Waals surface area contributed by atoms with Crippen LogP contribution in [0.4, 0.5) is 0 Å². The molecule has 1 heterocycles. The number of fused-ring (bicyclic) bond motifs is 1. The zero-order valence-corrected chi connectivity index (χ0v) is 11.6. The molecule has 1 atom stereocenters. The van der Waals surface area contributed by atoms with Crippen LogP contribution < -0.4 is 0 Å². The van der Waals surface area contributed by atoms with Gasteiger partial charge in [0.1, 0.15) is 6.73 Å². The number of ether oxygens (including phenoxy) is 2. The molecule has 19 heavy (non-hydrogen) atoms. The van der Waals surface area contributed by atoms with E-state index in [1.54, 1.807) is 7.11 Å². The third kappa shape index (κ3) is 2.63. The van der Waals surface area contributed by atoms with Crippen molar-refractivity contribution >= 4 is 16.9 Å². The van der Waals surface area contributed by atoms with Gasteiger partial charge in [-0.2, -0.15) is 0 Å². The molecular weight excluding hydrogens is 242 g/mol. The summed E-state index contributed by atoms with van der Waals surface area (Å²) in [4.78, 5) is 11.9. The molecular formula is C15H19NO3. The van der Waals surface area contributed by atoms with Gasteiger partial charge in [-0.3, -0.25) is 4.79 Å². The van der Waals surface area contributed by atoms with Gasteiger partial charge in [0.2, 0.25) is 0 Å². The van der Waals surface area contributed by atoms with Crippen LogP contribution in [0.2, 0.25) is 0 Å². The largest absolute Gasteiger partial charge is 0.466 e. The Morgan fingerprint density at radius 2 is 2.11 bits per heavy atom.